The molecule has 9 rings (SSSR count). The van der Waals surface area contributed by atoms with Crippen LogP contribution in [0.3, 0.4) is 0 Å². The van der Waals surface area contributed by atoms with Gasteiger partial charge in [0.05, 0.1) is 22.6 Å². The molecule has 0 spiro atoms. The maximum absolute atomic E-state index is 6.75. The Labute approximate surface area is 242 Å². The Morgan fingerprint density at radius 3 is 1.83 bits per heavy atom. The first kappa shape index (κ1) is 23.2. The SMILES string of the molecule is C1=CC2c3c(oc4ccccc34)-c3c(c4ccccc4n3-c3nc(-c4ccccc4)cc(-c4ccccc4)n3)C2C=C1. The molecule has 0 fully saturated rings. The quantitative estimate of drug-likeness (QED) is 0.225. The summed E-state index contributed by atoms with van der Waals surface area (Å²) < 4.78 is 8.98. The van der Waals surface area contributed by atoms with Crippen LogP contribution in [0.4, 0.5) is 0 Å². The second-order valence-corrected chi connectivity index (χ2v) is 10.9. The fourth-order valence-corrected chi connectivity index (χ4v) is 6.81. The summed E-state index contributed by atoms with van der Waals surface area (Å²) in [6.07, 6.45) is 8.99. The fraction of sp³-hybridized carbons (Fsp3) is 0.0526. The summed E-state index contributed by atoms with van der Waals surface area (Å²) in [7, 11) is 0. The van der Waals surface area contributed by atoms with Crippen LogP contribution in [-0.2, 0) is 0 Å². The van der Waals surface area contributed by atoms with Gasteiger partial charge in [0, 0.05) is 39.3 Å². The van der Waals surface area contributed by atoms with E-state index in [-0.39, 0.29) is 11.8 Å². The number of hydrogen-bond donors (Lipinski definition) is 0. The molecule has 198 valence electrons. The van der Waals surface area contributed by atoms with E-state index in [1.165, 1.54) is 16.5 Å². The topological polar surface area (TPSA) is 43.9 Å². The van der Waals surface area contributed by atoms with E-state index in [0.29, 0.717) is 5.95 Å². The Morgan fingerprint density at radius 2 is 1.14 bits per heavy atom. The number of furan rings is 1. The number of fused-ring (bicyclic) bond motifs is 10. The first-order chi connectivity index (χ1) is 20.8. The standard InChI is InChI=1S/C38H25N3O/c1-3-13-24(14-4-1)30-23-31(25-15-5-2-6-16-25)40-38(39-30)41-32-21-11-9-19-28(32)34-26-17-7-8-18-27(26)35-29-20-10-12-22-33(29)42-37(35)36(34)41/h1-23,26-27H. The van der Waals surface area contributed by atoms with Crippen LogP contribution in [-0.4, -0.2) is 14.5 Å². The van der Waals surface area contributed by atoms with Crippen molar-refractivity contribution in [3.05, 3.63) is 151 Å². The third-order valence-electron chi connectivity index (χ3n) is 8.62. The van der Waals surface area contributed by atoms with Gasteiger partial charge in [-0.2, -0.15) is 0 Å². The molecular weight excluding hydrogens is 514 g/mol. The lowest BCUT2D eigenvalue weighted by atomic mass is 9.73. The van der Waals surface area contributed by atoms with Crippen LogP contribution in [0.2, 0.25) is 0 Å². The molecule has 4 heteroatoms. The van der Waals surface area contributed by atoms with Gasteiger partial charge in [0.15, 0.2) is 5.76 Å². The maximum atomic E-state index is 6.75. The Kier molecular flexibility index (Phi) is 4.99. The largest absolute Gasteiger partial charge is 0.454 e. The summed E-state index contributed by atoms with van der Waals surface area (Å²) in [5.41, 5.74) is 9.36. The molecule has 0 N–H and O–H groups in total. The minimum absolute atomic E-state index is 0.176. The molecular formula is C38H25N3O. The summed E-state index contributed by atoms with van der Waals surface area (Å²) in [4.78, 5) is 10.5. The van der Waals surface area contributed by atoms with Gasteiger partial charge in [-0.25, -0.2) is 9.97 Å². The van der Waals surface area contributed by atoms with Crippen LogP contribution in [0.25, 0.3) is 61.8 Å². The first-order valence-corrected chi connectivity index (χ1v) is 14.4. The zero-order valence-corrected chi connectivity index (χ0v) is 22.7. The van der Waals surface area contributed by atoms with E-state index in [1.807, 2.05) is 18.2 Å². The van der Waals surface area contributed by atoms with Crippen LogP contribution in [0.15, 0.2) is 144 Å². The highest BCUT2D eigenvalue weighted by Crippen LogP contribution is 2.56. The molecule has 42 heavy (non-hydrogen) atoms. The molecule has 4 nitrogen and oxygen atoms in total. The summed E-state index contributed by atoms with van der Waals surface area (Å²) >= 11 is 0. The third-order valence-corrected chi connectivity index (χ3v) is 8.62. The smallest absolute Gasteiger partial charge is 0.235 e. The third kappa shape index (κ3) is 3.36. The molecule has 2 atom stereocenters. The molecule has 3 heterocycles. The van der Waals surface area contributed by atoms with Crippen LogP contribution in [0.5, 0.6) is 0 Å². The van der Waals surface area contributed by atoms with E-state index in [2.05, 4.69) is 126 Å². The van der Waals surface area contributed by atoms with Gasteiger partial charge in [-0.15, -0.1) is 0 Å². The number of benzene rings is 4. The Hall–Kier alpha value is -5.48. The Morgan fingerprint density at radius 1 is 0.571 bits per heavy atom. The molecule has 4 aromatic carbocycles. The molecule has 2 aliphatic carbocycles. The molecule has 0 bridgehead atoms. The summed E-state index contributed by atoms with van der Waals surface area (Å²) in [6, 6.07) is 39.8. The van der Waals surface area contributed by atoms with E-state index in [1.54, 1.807) is 0 Å². The lowest BCUT2D eigenvalue weighted by molar-refractivity contribution is 0.600. The van der Waals surface area contributed by atoms with E-state index in [0.717, 1.165) is 50.5 Å². The number of allylic oxidation sites excluding steroid dienone is 4. The van der Waals surface area contributed by atoms with Gasteiger partial charge < -0.3 is 4.42 Å². The van der Waals surface area contributed by atoms with Crippen molar-refractivity contribution in [1.82, 2.24) is 14.5 Å². The normalized spacial score (nSPS) is 16.9. The van der Waals surface area contributed by atoms with E-state index in [4.69, 9.17) is 14.4 Å². The average molecular weight is 540 g/mol. The van der Waals surface area contributed by atoms with Crippen molar-refractivity contribution in [3.63, 3.8) is 0 Å². The lowest BCUT2D eigenvalue weighted by Crippen LogP contribution is -2.16. The molecule has 2 aliphatic rings. The summed E-state index contributed by atoms with van der Waals surface area (Å²) in [6.45, 7) is 0. The minimum Gasteiger partial charge on any atom is -0.454 e. The molecule has 0 radical (unpaired) electrons. The Bertz CT molecular complexity index is 2140. The number of nitrogens with zero attached hydrogens (tertiary/aromatic N) is 3. The van der Waals surface area contributed by atoms with Crippen LogP contribution in [0.1, 0.15) is 23.0 Å². The zero-order valence-electron chi connectivity index (χ0n) is 22.7. The second kappa shape index (κ2) is 9.02. The van der Waals surface area contributed by atoms with Crippen LogP contribution >= 0.6 is 0 Å². The molecule has 0 aliphatic heterocycles. The van der Waals surface area contributed by atoms with Gasteiger partial charge in [-0.05, 0) is 23.8 Å². The van der Waals surface area contributed by atoms with Gasteiger partial charge in [-0.1, -0.05) is 121 Å². The average Bonchev–Trinajstić information content (AvgIpc) is 3.62. The van der Waals surface area contributed by atoms with Crippen molar-refractivity contribution in [2.75, 3.05) is 0 Å². The highest BCUT2D eigenvalue weighted by molar-refractivity contribution is 5.99. The molecule has 3 aromatic heterocycles. The van der Waals surface area contributed by atoms with Crippen molar-refractivity contribution in [2.45, 2.75) is 11.8 Å². The van der Waals surface area contributed by atoms with Gasteiger partial charge >= 0.3 is 0 Å². The fourth-order valence-electron chi connectivity index (χ4n) is 6.81. The monoisotopic (exact) mass is 539 g/mol. The Balaban J connectivity index is 1.41. The predicted molar refractivity (Wildman–Crippen MR) is 169 cm³/mol. The van der Waals surface area contributed by atoms with Crippen molar-refractivity contribution in [1.29, 1.82) is 0 Å². The molecule has 7 aromatic rings. The van der Waals surface area contributed by atoms with Crippen molar-refractivity contribution < 1.29 is 4.42 Å². The highest BCUT2D eigenvalue weighted by atomic mass is 16.3. The number of aromatic nitrogens is 3. The summed E-state index contributed by atoms with van der Waals surface area (Å²) in [5, 5.41) is 2.36. The maximum Gasteiger partial charge on any atom is 0.235 e. The van der Waals surface area contributed by atoms with E-state index < -0.39 is 0 Å². The predicted octanol–water partition coefficient (Wildman–Crippen LogP) is 9.47. The number of hydrogen-bond acceptors (Lipinski definition) is 3. The molecule has 0 amide bonds. The van der Waals surface area contributed by atoms with E-state index >= 15 is 0 Å². The van der Waals surface area contributed by atoms with Crippen molar-refractivity contribution in [2.24, 2.45) is 0 Å². The van der Waals surface area contributed by atoms with Crippen LogP contribution in [0, 0.1) is 0 Å². The van der Waals surface area contributed by atoms with E-state index in [9.17, 15) is 0 Å². The lowest BCUT2D eigenvalue weighted by Gasteiger charge is -2.30. The second-order valence-electron chi connectivity index (χ2n) is 10.9. The van der Waals surface area contributed by atoms with Gasteiger partial charge in [0.1, 0.15) is 5.58 Å². The van der Waals surface area contributed by atoms with Crippen LogP contribution < -0.4 is 0 Å². The molecule has 0 saturated heterocycles. The molecule has 0 saturated carbocycles. The zero-order chi connectivity index (χ0) is 27.6. The van der Waals surface area contributed by atoms with Crippen molar-refractivity contribution >= 4 is 21.9 Å². The first-order valence-electron chi connectivity index (χ1n) is 14.4. The van der Waals surface area contributed by atoms with Crippen molar-refractivity contribution in [3.8, 4) is 39.9 Å². The van der Waals surface area contributed by atoms with Gasteiger partial charge in [0.25, 0.3) is 0 Å². The van der Waals surface area contributed by atoms with Gasteiger partial charge in [-0.3, -0.25) is 4.57 Å². The minimum atomic E-state index is 0.176. The molecule has 2 unspecified atom stereocenters. The number of rotatable bonds is 3. The highest BCUT2D eigenvalue weighted by Gasteiger charge is 2.40. The summed E-state index contributed by atoms with van der Waals surface area (Å²) in [5.74, 6) is 1.90. The number of para-hydroxylation sites is 2. The van der Waals surface area contributed by atoms with Gasteiger partial charge in [0.2, 0.25) is 5.95 Å².